The van der Waals surface area contributed by atoms with Crippen molar-refractivity contribution in [1.82, 2.24) is 0 Å². The first-order chi connectivity index (χ1) is 13.5. The Kier molecular flexibility index (Phi) is 6.60. The van der Waals surface area contributed by atoms with Gasteiger partial charge in [-0.15, -0.1) is 0 Å². The van der Waals surface area contributed by atoms with Gasteiger partial charge in [0.15, 0.2) is 17.5 Å². The first-order valence-corrected chi connectivity index (χ1v) is 9.55. The molecule has 0 unspecified atom stereocenters. The summed E-state index contributed by atoms with van der Waals surface area (Å²) in [5.41, 5.74) is 0.195. The minimum atomic E-state index is -1.61. The fourth-order valence-corrected chi connectivity index (χ4v) is 3.46. The summed E-state index contributed by atoms with van der Waals surface area (Å²) in [7, 11) is 0. The molecule has 28 heavy (non-hydrogen) atoms. The van der Waals surface area contributed by atoms with Gasteiger partial charge in [0.2, 0.25) is 0 Å². The van der Waals surface area contributed by atoms with E-state index in [1.165, 1.54) is 44.2 Å². The summed E-state index contributed by atoms with van der Waals surface area (Å²) >= 11 is 0. The van der Waals surface area contributed by atoms with E-state index >= 15 is 0 Å². The molecule has 1 aliphatic carbocycles. The van der Waals surface area contributed by atoms with Crippen LogP contribution in [0.4, 0.5) is 13.2 Å². The smallest absolute Gasteiger partial charge is 0.343 e. The molecule has 2 aromatic carbocycles. The predicted octanol–water partition coefficient (Wildman–Crippen LogP) is 5.92. The minimum absolute atomic E-state index is 0.195. The van der Waals surface area contributed by atoms with Gasteiger partial charge >= 0.3 is 5.97 Å². The molecular formula is C22H23F3O3. The zero-order valence-corrected chi connectivity index (χ0v) is 15.7. The van der Waals surface area contributed by atoms with Crippen LogP contribution >= 0.6 is 0 Å². The fourth-order valence-electron chi connectivity index (χ4n) is 3.46. The summed E-state index contributed by atoms with van der Waals surface area (Å²) in [5, 5.41) is 0. The maximum absolute atomic E-state index is 13.2. The Morgan fingerprint density at radius 3 is 2.07 bits per heavy atom. The van der Waals surface area contributed by atoms with Gasteiger partial charge < -0.3 is 9.47 Å². The maximum atomic E-state index is 13.2. The molecule has 0 amide bonds. The van der Waals surface area contributed by atoms with Crippen molar-refractivity contribution in [3.05, 3.63) is 59.4 Å². The second-order valence-electron chi connectivity index (χ2n) is 7.22. The molecule has 3 nitrogen and oxygen atoms in total. The molecule has 0 heterocycles. The summed E-state index contributed by atoms with van der Waals surface area (Å²) < 4.78 is 50.1. The molecule has 0 aromatic heterocycles. The lowest BCUT2D eigenvalue weighted by Gasteiger charge is -2.27. The minimum Gasteiger partial charge on any atom is -0.493 e. The monoisotopic (exact) mass is 392 g/mol. The van der Waals surface area contributed by atoms with E-state index in [-0.39, 0.29) is 5.56 Å². The van der Waals surface area contributed by atoms with E-state index in [9.17, 15) is 18.0 Å². The maximum Gasteiger partial charge on any atom is 0.343 e. The van der Waals surface area contributed by atoms with Crippen LogP contribution in [-0.2, 0) is 0 Å². The molecule has 0 atom stereocenters. The Labute approximate surface area is 162 Å². The second-order valence-corrected chi connectivity index (χ2v) is 7.22. The molecule has 0 radical (unpaired) electrons. The van der Waals surface area contributed by atoms with Gasteiger partial charge in [-0.25, -0.2) is 18.0 Å². The van der Waals surface area contributed by atoms with Crippen molar-refractivity contribution in [3.8, 4) is 11.5 Å². The number of carbonyl (C=O) groups is 1. The molecule has 0 aliphatic heterocycles. The van der Waals surface area contributed by atoms with Crippen molar-refractivity contribution in [3.63, 3.8) is 0 Å². The first kappa shape index (κ1) is 20.2. The van der Waals surface area contributed by atoms with Gasteiger partial charge in [0.05, 0.1) is 12.2 Å². The average molecular weight is 392 g/mol. The average Bonchev–Trinajstić information content (AvgIpc) is 2.71. The molecule has 1 aliphatic rings. The van der Waals surface area contributed by atoms with Crippen LogP contribution < -0.4 is 9.47 Å². The van der Waals surface area contributed by atoms with Gasteiger partial charge in [0, 0.05) is 12.1 Å². The normalized spacial score (nSPS) is 19.3. The van der Waals surface area contributed by atoms with Crippen LogP contribution in [0, 0.1) is 29.3 Å². The van der Waals surface area contributed by atoms with Crippen LogP contribution in [0.5, 0.6) is 11.5 Å². The summed E-state index contributed by atoms with van der Waals surface area (Å²) in [5.74, 6) is -3.60. The Morgan fingerprint density at radius 1 is 0.929 bits per heavy atom. The lowest BCUT2D eigenvalue weighted by Crippen LogP contribution is -2.19. The van der Waals surface area contributed by atoms with E-state index in [0.29, 0.717) is 30.4 Å². The highest BCUT2D eigenvalue weighted by Crippen LogP contribution is 2.31. The number of benzene rings is 2. The van der Waals surface area contributed by atoms with Crippen LogP contribution in [-0.4, -0.2) is 12.6 Å². The molecule has 3 rings (SSSR count). The zero-order chi connectivity index (χ0) is 20.1. The molecular weight excluding hydrogens is 369 g/mol. The number of hydrogen-bond acceptors (Lipinski definition) is 3. The summed E-state index contributed by atoms with van der Waals surface area (Å²) in [6, 6.07) is 7.59. The lowest BCUT2D eigenvalue weighted by atomic mass is 9.81. The molecule has 6 heteroatoms. The third-order valence-electron chi connectivity index (χ3n) is 5.29. The topological polar surface area (TPSA) is 35.5 Å². The molecule has 0 N–H and O–H groups in total. The van der Waals surface area contributed by atoms with Crippen LogP contribution in [0.2, 0.25) is 0 Å². The number of esters is 1. The van der Waals surface area contributed by atoms with E-state index in [1.54, 1.807) is 12.1 Å². The van der Waals surface area contributed by atoms with Gasteiger partial charge in [0.25, 0.3) is 0 Å². The van der Waals surface area contributed by atoms with E-state index in [0.717, 1.165) is 5.92 Å². The van der Waals surface area contributed by atoms with E-state index in [4.69, 9.17) is 9.47 Å². The molecule has 0 saturated heterocycles. The Morgan fingerprint density at radius 2 is 1.50 bits per heavy atom. The molecule has 0 bridgehead atoms. The number of ether oxygens (including phenoxy) is 2. The third-order valence-corrected chi connectivity index (χ3v) is 5.29. The highest BCUT2D eigenvalue weighted by Gasteiger charge is 2.20. The Balaban J connectivity index is 1.53. The molecule has 1 fully saturated rings. The van der Waals surface area contributed by atoms with E-state index < -0.39 is 29.2 Å². The number of carbonyl (C=O) groups excluding carboxylic acids is 1. The van der Waals surface area contributed by atoms with E-state index in [2.05, 4.69) is 6.92 Å². The van der Waals surface area contributed by atoms with Crippen molar-refractivity contribution >= 4 is 5.97 Å². The van der Waals surface area contributed by atoms with Crippen LogP contribution in [0.25, 0.3) is 0 Å². The van der Waals surface area contributed by atoms with Crippen LogP contribution in [0.3, 0.4) is 0 Å². The van der Waals surface area contributed by atoms with Gasteiger partial charge in [-0.05, 0) is 48.9 Å². The number of hydrogen-bond donors (Lipinski definition) is 0. The Bertz CT molecular complexity index is 789. The SMILES string of the molecule is CC[C@H]1CC[C@H](COc2ccc(C(=O)Oc3cc(F)c(F)c(F)c3)cc2)CC1. The van der Waals surface area contributed by atoms with Crippen molar-refractivity contribution in [2.75, 3.05) is 6.61 Å². The highest BCUT2D eigenvalue weighted by atomic mass is 19.2. The van der Waals surface area contributed by atoms with Crippen molar-refractivity contribution in [2.45, 2.75) is 39.0 Å². The van der Waals surface area contributed by atoms with Crippen molar-refractivity contribution in [2.24, 2.45) is 11.8 Å². The zero-order valence-electron chi connectivity index (χ0n) is 15.7. The summed E-state index contributed by atoms with van der Waals surface area (Å²) in [6.45, 7) is 2.88. The van der Waals surface area contributed by atoms with E-state index in [1.807, 2.05) is 0 Å². The second kappa shape index (κ2) is 9.13. The fraction of sp³-hybridized carbons (Fsp3) is 0.409. The molecule has 150 valence electrons. The van der Waals surface area contributed by atoms with Gasteiger partial charge in [-0.1, -0.05) is 26.2 Å². The quantitative estimate of drug-likeness (QED) is 0.348. The van der Waals surface area contributed by atoms with Gasteiger partial charge in [0.1, 0.15) is 11.5 Å². The highest BCUT2D eigenvalue weighted by molar-refractivity contribution is 5.91. The van der Waals surface area contributed by atoms with Crippen LogP contribution in [0.1, 0.15) is 49.4 Å². The van der Waals surface area contributed by atoms with Crippen LogP contribution in [0.15, 0.2) is 36.4 Å². The lowest BCUT2D eigenvalue weighted by molar-refractivity contribution is 0.0733. The van der Waals surface area contributed by atoms with Gasteiger partial charge in [-0.2, -0.15) is 0 Å². The first-order valence-electron chi connectivity index (χ1n) is 9.55. The Hall–Kier alpha value is -2.50. The van der Waals surface area contributed by atoms with Crippen molar-refractivity contribution < 1.29 is 27.4 Å². The molecule has 2 aromatic rings. The summed E-state index contributed by atoms with van der Waals surface area (Å²) in [6.07, 6.45) is 6.09. The standard InChI is InChI=1S/C22H23F3O3/c1-2-14-3-5-15(6-4-14)13-27-17-9-7-16(8-10-17)22(26)28-18-11-19(23)21(25)20(24)12-18/h7-12,14-15H,2-6,13H2,1H3/t14-,15-. The molecule has 0 spiro atoms. The predicted molar refractivity (Wildman–Crippen MR) is 99.0 cm³/mol. The number of halogens is 3. The third kappa shape index (κ3) is 5.06. The largest absolute Gasteiger partial charge is 0.493 e. The number of rotatable bonds is 6. The summed E-state index contributed by atoms with van der Waals surface area (Å²) in [4.78, 5) is 12.1. The van der Waals surface area contributed by atoms with Crippen molar-refractivity contribution in [1.29, 1.82) is 0 Å². The molecule has 1 saturated carbocycles. The van der Waals surface area contributed by atoms with Gasteiger partial charge in [-0.3, -0.25) is 0 Å².